The van der Waals surface area contributed by atoms with Crippen LogP contribution < -0.4 is 5.32 Å². The van der Waals surface area contributed by atoms with Crippen LogP contribution in [0.2, 0.25) is 5.02 Å². The first-order valence-corrected chi connectivity index (χ1v) is 6.85. The largest absolute Gasteiger partial charge is 0.339 e. The second-order valence-electron chi connectivity index (χ2n) is 4.54. The highest BCUT2D eigenvalue weighted by atomic mass is 35.5. The van der Waals surface area contributed by atoms with Crippen LogP contribution in [0, 0.1) is 0 Å². The maximum Gasteiger partial charge on any atom is 0.228 e. The third-order valence-corrected chi connectivity index (χ3v) is 3.22. The Balaban J connectivity index is 2.00. The molecule has 2 aromatic rings. The average molecular weight is 280 g/mol. The van der Waals surface area contributed by atoms with E-state index in [4.69, 9.17) is 16.1 Å². The Hall–Kier alpha value is -1.39. The van der Waals surface area contributed by atoms with Crippen LogP contribution in [0.4, 0.5) is 0 Å². The summed E-state index contributed by atoms with van der Waals surface area (Å²) >= 11 is 6.11. The zero-order chi connectivity index (χ0) is 13.7. The van der Waals surface area contributed by atoms with Gasteiger partial charge in [0.15, 0.2) is 5.82 Å². The summed E-state index contributed by atoms with van der Waals surface area (Å²) < 4.78 is 5.25. The van der Waals surface area contributed by atoms with Crippen LogP contribution >= 0.6 is 11.6 Å². The summed E-state index contributed by atoms with van der Waals surface area (Å²) in [5.41, 5.74) is 1.01. The highest BCUT2D eigenvalue weighted by Gasteiger charge is 2.11. The molecule has 0 aliphatic carbocycles. The van der Waals surface area contributed by atoms with Gasteiger partial charge in [-0.15, -0.1) is 0 Å². The number of likely N-dealkylation sites (N-methyl/N-ethyl adjacent to an activating group) is 1. The quantitative estimate of drug-likeness (QED) is 0.883. The number of hydrogen-bond acceptors (Lipinski definition) is 4. The van der Waals surface area contributed by atoms with Crippen molar-refractivity contribution in [3.63, 3.8) is 0 Å². The Morgan fingerprint density at radius 3 is 2.89 bits per heavy atom. The Labute approximate surface area is 118 Å². The van der Waals surface area contributed by atoms with Gasteiger partial charge in [-0.2, -0.15) is 4.98 Å². The van der Waals surface area contributed by atoms with Crippen molar-refractivity contribution in [2.24, 2.45) is 0 Å². The predicted molar refractivity (Wildman–Crippen MR) is 75.4 cm³/mol. The highest BCUT2D eigenvalue weighted by Crippen LogP contribution is 2.17. The molecular formula is C14H18ClN3O. The molecular weight excluding hydrogens is 262 g/mol. The molecule has 0 radical (unpaired) electrons. The molecule has 0 spiro atoms. The van der Waals surface area contributed by atoms with Gasteiger partial charge >= 0.3 is 0 Å². The molecule has 1 heterocycles. The summed E-state index contributed by atoms with van der Waals surface area (Å²) in [5.74, 6) is 1.34. The van der Waals surface area contributed by atoms with Crippen molar-refractivity contribution in [1.82, 2.24) is 15.5 Å². The van der Waals surface area contributed by atoms with Crippen molar-refractivity contribution in [3.8, 4) is 0 Å². The number of hydrogen-bond donors (Lipinski definition) is 1. The first kappa shape index (κ1) is 14.0. The van der Waals surface area contributed by atoms with Crippen LogP contribution in [0.3, 0.4) is 0 Å². The Morgan fingerprint density at radius 1 is 1.37 bits per heavy atom. The molecule has 5 heteroatoms. The molecule has 4 nitrogen and oxygen atoms in total. The van der Waals surface area contributed by atoms with Crippen LogP contribution in [0.1, 0.15) is 31.1 Å². The zero-order valence-corrected chi connectivity index (χ0v) is 11.9. The van der Waals surface area contributed by atoms with Gasteiger partial charge in [-0.05, 0) is 25.1 Å². The van der Waals surface area contributed by atoms with Gasteiger partial charge in [0, 0.05) is 23.9 Å². The van der Waals surface area contributed by atoms with E-state index in [0.717, 1.165) is 23.6 Å². The predicted octanol–water partition coefficient (Wildman–Crippen LogP) is 2.85. The molecule has 0 aliphatic heterocycles. The van der Waals surface area contributed by atoms with Crippen LogP contribution in [-0.2, 0) is 12.8 Å². The standard InChI is InChI=1S/C14H18ClN3O/c1-3-16-10(2)8-14-17-13(18-19-14)9-11-6-4-5-7-12(11)15/h4-7,10,16H,3,8-9H2,1-2H3. The summed E-state index contributed by atoms with van der Waals surface area (Å²) in [6.07, 6.45) is 1.34. The van der Waals surface area contributed by atoms with Crippen molar-refractivity contribution in [2.75, 3.05) is 6.54 Å². The number of nitrogens with zero attached hydrogens (tertiary/aromatic N) is 2. The number of benzene rings is 1. The van der Waals surface area contributed by atoms with Crippen molar-refractivity contribution >= 4 is 11.6 Å². The van der Waals surface area contributed by atoms with Gasteiger partial charge in [-0.1, -0.05) is 41.9 Å². The smallest absolute Gasteiger partial charge is 0.228 e. The van der Waals surface area contributed by atoms with Gasteiger partial charge in [-0.25, -0.2) is 0 Å². The number of aromatic nitrogens is 2. The third-order valence-electron chi connectivity index (χ3n) is 2.85. The van der Waals surface area contributed by atoms with Crippen molar-refractivity contribution < 1.29 is 4.52 Å². The molecule has 0 saturated heterocycles. The molecule has 1 atom stereocenters. The Kier molecular flexibility index (Phi) is 4.93. The van der Waals surface area contributed by atoms with Gasteiger partial charge in [0.05, 0.1) is 0 Å². The summed E-state index contributed by atoms with van der Waals surface area (Å²) in [7, 11) is 0. The van der Waals surface area contributed by atoms with E-state index in [9.17, 15) is 0 Å². The lowest BCUT2D eigenvalue weighted by molar-refractivity contribution is 0.359. The minimum Gasteiger partial charge on any atom is -0.339 e. The minimum absolute atomic E-state index is 0.332. The fourth-order valence-corrected chi connectivity index (χ4v) is 2.14. The second-order valence-corrected chi connectivity index (χ2v) is 4.94. The molecule has 0 bridgehead atoms. The van der Waals surface area contributed by atoms with E-state index in [-0.39, 0.29) is 0 Å². The van der Waals surface area contributed by atoms with Crippen molar-refractivity contribution in [1.29, 1.82) is 0 Å². The second kappa shape index (κ2) is 6.68. The van der Waals surface area contributed by atoms with E-state index >= 15 is 0 Å². The highest BCUT2D eigenvalue weighted by molar-refractivity contribution is 6.31. The lowest BCUT2D eigenvalue weighted by Crippen LogP contribution is -2.27. The van der Waals surface area contributed by atoms with Gasteiger partial charge in [0.25, 0.3) is 0 Å². The maximum atomic E-state index is 6.11. The Morgan fingerprint density at radius 2 is 2.16 bits per heavy atom. The van der Waals surface area contributed by atoms with Crippen LogP contribution in [0.5, 0.6) is 0 Å². The fraction of sp³-hybridized carbons (Fsp3) is 0.429. The maximum absolute atomic E-state index is 6.11. The topological polar surface area (TPSA) is 51.0 Å². The molecule has 1 unspecified atom stereocenters. The van der Waals surface area contributed by atoms with E-state index in [1.54, 1.807) is 0 Å². The zero-order valence-electron chi connectivity index (χ0n) is 11.2. The molecule has 0 amide bonds. The van der Waals surface area contributed by atoms with E-state index in [1.807, 2.05) is 24.3 Å². The normalized spacial score (nSPS) is 12.6. The van der Waals surface area contributed by atoms with Gasteiger partial charge in [0.2, 0.25) is 5.89 Å². The van der Waals surface area contributed by atoms with Gasteiger partial charge < -0.3 is 9.84 Å². The summed E-state index contributed by atoms with van der Waals surface area (Å²) in [6.45, 7) is 5.11. The minimum atomic E-state index is 0.332. The van der Waals surface area contributed by atoms with Crippen LogP contribution in [0.25, 0.3) is 0 Å². The van der Waals surface area contributed by atoms with Crippen LogP contribution in [0.15, 0.2) is 28.8 Å². The molecule has 2 rings (SSSR count). The molecule has 1 N–H and O–H groups in total. The summed E-state index contributed by atoms with van der Waals surface area (Å²) in [5, 5.41) is 8.04. The lowest BCUT2D eigenvalue weighted by atomic mass is 10.1. The number of halogens is 1. The molecule has 1 aromatic heterocycles. The van der Waals surface area contributed by atoms with E-state index < -0.39 is 0 Å². The van der Waals surface area contributed by atoms with Crippen molar-refractivity contribution in [3.05, 3.63) is 46.6 Å². The number of rotatable bonds is 6. The third kappa shape index (κ3) is 4.04. The summed E-state index contributed by atoms with van der Waals surface area (Å²) in [6, 6.07) is 8.03. The van der Waals surface area contributed by atoms with E-state index in [1.165, 1.54) is 0 Å². The molecule has 1 aromatic carbocycles. The first-order chi connectivity index (χ1) is 9.19. The Bertz CT molecular complexity index is 527. The van der Waals surface area contributed by atoms with Crippen molar-refractivity contribution in [2.45, 2.75) is 32.7 Å². The lowest BCUT2D eigenvalue weighted by Gasteiger charge is -2.07. The van der Waals surface area contributed by atoms with Gasteiger partial charge in [0.1, 0.15) is 0 Å². The van der Waals surface area contributed by atoms with E-state index in [2.05, 4.69) is 29.3 Å². The summed E-state index contributed by atoms with van der Waals surface area (Å²) in [4.78, 5) is 4.39. The molecule has 0 saturated carbocycles. The molecule has 19 heavy (non-hydrogen) atoms. The SMILES string of the molecule is CCNC(C)Cc1nc(Cc2ccccc2Cl)no1. The van der Waals surface area contributed by atoms with Crippen LogP contribution in [-0.4, -0.2) is 22.7 Å². The van der Waals surface area contributed by atoms with Gasteiger partial charge in [-0.3, -0.25) is 0 Å². The number of nitrogens with one attached hydrogen (secondary N) is 1. The molecule has 0 aliphatic rings. The molecule has 0 fully saturated rings. The fourth-order valence-electron chi connectivity index (χ4n) is 1.94. The molecule has 102 valence electrons. The monoisotopic (exact) mass is 279 g/mol. The van der Waals surface area contributed by atoms with E-state index in [0.29, 0.717) is 24.2 Å². The first-order valence-electron chi connectivity index (χ1n) is 6.47. The average Bonchev–Trinajstić information content (AvgIpc) is 2.80.